The molecule has 1 aromatic carbocycles. The topological polar surface area (TPSA) is 52.0 Å². The maximum Gasteiger partial charge on any atom is 0.0322 e. The lowest BCUT2D eigenvalue weighted by Gasteiger charge is -2.35. The van der Waals surface area contributed by atoms with Crippen molar-refractivity contribution in [3.8, 4) is 0 Å². The average molecular weight is 204 g/mol. The van der Waals surface area contributed by atoms with Gasteiger partial charge in [-0.25, -0.2) is 0 Å². The first-order valence-electron chi connectivity index (χ1n) is 5.63. The third-order valence-electron chi connectivity index (χ3n) is 3.71. The Kier molecular flexibility index (Phi) is 2.57. The zero-order chi connectivity index (χ0) is 11.1. The van der Waals surface area contributed by atoms with Crippen LogP contribution in [0, 0.1) is 13.8 Å². The van der Waals surface area contributed by atoms with Gasteiger partial charge in [-0.05, 0) is 55.4 Å². The van der Waals surface area contributed by atoms with Crippen molar-refractivity contribution in [2.24, 2.45) is 11.5 Å². The molecule has 1 aliphatic carbocycles. The van der Waals surface area contributed by atoms with Crippen LogP contribution in [0.3, 0.4) is 0 Å². The maximum absolute atomic E-state index is 6.27. The lowest BCUT2D eigenvalue weighted by Crippen LogP contribution is -2.51. The molecular formula is C13H20N2. The van der Waals surface area contributed by atoms with Crippen LogP contribution in [0.1, 0.15) is 28.7 Å². The molecule has 0 radical (unpaired) electrons. The van der Waals surface area contributed by atoms with Gasteiger partial charge in [-0.1, -0.05) is 12.1 Å². The van der Waals surface area contributed by atoms with Crippen molar-refractivity contribution in [3.05, 3.63) is 34.4 Å². The van der Waals surface area contributed by atoms with Gasteiger partial charge in [-0.3, -0.25) is 0 Å². The Labute approximate surface area is 91.7 Å². The molecule has 0 saturated carbocycles. The highest BCUT2D eigenvalue weighted by Crippen LogP contribution is 2.30. The monoisotopic (exact) mass is 204 g/mol. The van der Waals surface area contributed by atoms with Gasteiger partial charge < -0.3 is 11.5 Å². The van der Waals surface area contributed by atoms with Crippen LogP contribution in [-0.4, -0.2) is 12.1 Å². The first kappa shape index (κ1) is 10.7. The quantitative estimate of drug-likeness (QED) is 0.727. The fourth-order valence-electron chi connectivity index (χ4n) is 2.51. The van der Waals surface area contributed by atoms with E-state index in [1.54, 1.807) is 0 Å². The zero-order valence-electron chi connectivity index (χ0n) is 9.64. The summed E-state index contributed by atoms with van der Waals surface area (Å²) < 4.78 is 0. The number of nitrogens with two attached hydrogens (primary N) is 2. The Bertz CT molecular complexity index is 384. The van der Waals surface area contributed by atoms with Crippen molar-refractivity contribution in [3.63, 3.8) is 0 Å². The number of hydrogen-bond donors (Lipinski definition) is 2. The van der Waals surface area contributed by atoms with Crippen LogP contribution in [0.4, 0.5) is 0 Å². The van der Waals surface area contributed by atoms with Crippen molar-refractivity contribution in [1.29, 1.82) is 0 Å². The summed E-state index contributed by atoms with van der Waals surface area (Å²) in [7, 11) is 0. The fourth-order valence-corrected chi connectivity index (χ4v) is 2.51. The van der Waals surface area contributed by atoms with E-state index in [9.17, 15) is 0 Å². The molecule has 0 aliphatic heterocycles. The lowest BCUT2D eigenvalue weighted by molar-refractivity contribution is 0.380. The van der Waals surface area contributed by atoms with Crippen LogP contribution in [0.2, 0.25) is 0 Å². The minimum atomic E-state index is -0.175. The smallest absolute Gasteiger partial charge is 0.0322 e. The van der Waals surface area contributed by atoms with Gasteiger partial charge in [0.15, 0.2) is 0 Å². The molecule has 1 aliphatic rings. The van der Waals surface area contributed by atoms with Crippen molar-refractivity contribution in [2.45, 2.75) is 38.6 Å². The Morgan fingerprint density at radius 2 is 1.80 bits per heavy atom. The molecule has 0 amide bonds. The summed E-state index contributed by atoms with van der Waals surface area (Å²) in [6.45, 7) is 4.94. The third kappa shape index (κ3) is 1.80. The fraction of sp³-hybridized carbons (Fsp3) is 0.538. The molecule has 0 spiro atoms. The van der Waals surface area contributed by atoms with Gasteiger partial charge in [0, 0.05) is 12.1 Å². The van der Waals surface area contributed by atoms with Crippen LogP contribution in [0.15, 0.2) is 12.1 Å². The molecule has 15 heavy (non-hydrogen) atoms. The molecule has 0 fully saturated rings. The number of rotatable bonds is 1. The average Bonchev–Trinajstić information content (AvgIpc) is 2.24. The molecule has 0 aromatic heterocycles. The minimum Gasteiger partial charge on any atom is -0.329 e. The molecule has 2 heteroatoms. The Hall–Kier alpha value is -0.860. The highest BCUT2D eigenvalue weighted by molar-refractivity contribution is 5.43. The van der Waals surface area contributed by atoms with E-state index in [0.717, 1.165) is 19.3 Å². The zero-order valence-corrected chi connectivity index (χ0v) is 9.64. The van der Waals surface area contributed by atoms with Crippen molar-refractivity contribution < 1.29 is 0 Å². The van der Waals surface area contributed by atoms with Gasteiger partial charge in [0.2, 0.25) is 0 Å². The van der Waals surface area contributed by atoms with Gasteiger partial charge in [-0.2, -0.15) is 0 Å². The van der Waals surface area contributed by atoms with Crippen LogP contribution in [0.5, 0.6) is 0 Å². The molecule has 2 rings (SSSR count). The minimum absolute atomic E-state index is 0.175. The largest absolute Gasteiger partial charge is 0.329 e. The van der Waals surface area contributed by atoms with Crippen molar-refractivity contribution >= 4 is 0 Å². The summed E-state index contributed by atoms with van der Waals surface area (Å²) in [4.78, 5) is 0. The molecule has 82 valence electrons. The van der Waals surface area contributed by atoms with Crippen LogP contribution >= 0.6 is 0 Å². The second-order valence-electron chi connectivity index (χ2n) is 4.90. The number of aryl methyl sites for hydroxylation is 2. The van der Waals surface area contributed by atoms with E-state index in [1.165, 1.54) is 22.3 Å². The number of hydrogen-bond acceptors (Lipinski definition) is 2. The van der Waals surface area contributed by atoms with Gasteiger partial charge in [0.1, 0.15) is 0 Å². The summed E-state index contributed by atoms with van der Waals surface area (Å²) in [6, 6.07) is 4.40. The standard InChI is InChI=1S/C13H20N2/c1-9-3-4-10(2)12-7-13(15,8-14)6-5-11(9)12/h3-4H,5-8,14-15H2,1-2H3. The van der Waals surface area contributed by atoms with Crippen LogP contribution < -0.4 is 11.5 Å². The molecular weight excluding hydrogens is 184 g/mol. The Morgan fingerprint density at radius 1 is 1.20 bits per heavy atom. The molecule has 1 aromatic rings. The summed E-state index contributed by atoms with van der Waals surface area (Å²) in [6.07, 6.45) is 3.03. The Balaban J connectivity index is 2.45. The van der Waals surface area contributed by atoms with Crippen molar-refractivity contribution in [1.82, 2.24) is 0 Å². The number of benzene rings is 1. The van der Waals surface area contributed by atoms with E-state index in [0.29, 0.717) is 6.54 Å². The molecule has 1 unspecified atom stereocenters. The highest BCUT2D eigenvalue weighted by atomic mass is 14.8. The lowest BCUT2D eigenvalue weighted by atomic mass is 9.76. The molecule has 4 N–H and O–H groups in total. The third-order valence-corrected chi connectivity index (χ3v) is 3.71. The SMILES string of the molecule is Cc1ccc(C)c2c1CCC(N)(CN)C2. The predicted octanol–water partition coefficient (Wildman–Crippen LogP) is 1.45. The summed E-state index contributed by atoms with van der Waals surface area (Å²) >= 11 is 0. The maximum atomic E-state index is 6.27. The van der Waals surface area contributed by atoms with E-state index < -0.39 is 0 Å². The van der Waals surface area contributed by atoms with Gasteiger partial charge in [-0.15, -0.1) is 0 Å². The predicted molar refractivity (Wildman–Crippen MR) is 63.9 cm³/mol. The van der Waals surface area contributed by atoms with E-state index in [-0.39, 0.29) is 5.54 Å². The van der Waals surface area contributed by atoms with Crippen LogP contribution in [0.25, 0.3) is 0 Å². The van der Waals surface area contributed by atoms with E-state index >= 15 is 0 Å². The molecule has 2 nitrogen and oxygen atoms in total. The van der Waals surface area contributed by atoms with Gasteiger partial charge in [0.05, 0.1) is 0 Å². The van der Waals surface area contributed by atoms with Crippen LogP contribution in [-0.2, 0) is 12.8 Å². The summed E-state index contributed by atoms with van der Waals surface area (Å²) in [5.74, 6) is 0. The first-order valence-corrected chi connectivity index (χ1v) is 5.63. The van der Waals surface area contributed by atoms with Crippen molar-refractivity contribution in [2.75, 3.05) is 6.54 Å². The van der Waals surface area contributed by atoms with E-state index in [4.69, 9.17) is 11.5 Å². The first-order chi connectivity index (χ1) is 7.06. The van der Waals surface area contributed by atoms with E-state index in [1.807, 2.05) is 0 Å². The highest BCUT2D eigenvalue weighted by Gasteiger charge is 2.30. The summed E-state index contributed by atoms with van der Waals surface area (Å²) in [5.41, 5.74) is 17.6. The number of fused-ring (bicyclic) bond motifs is 1. The second kappa shape index (κ2) is 3.62. The van der Waals surface area contributed by atoms with Gasteiger partial charge >= 0.3 is 0 Å². The Morgan fingerprint density at radius 3 is 2.40 bits per heavy atom. The van der Waals surface area contributed by atoms with E-state index in [2.05, 4.69) is 26.0 Å². The normalized spacial score (nSPS) is 25.1. The molecule has 0 heterocycles. The molecule has 1 atom stereocenters. The van der Waals surface area contributed by atoms with Gasteiger partial charge in [0.25, 0.3) is 0 Å². The molecule has 0 bridgehead atoms. The second-order valence-corrected chi connectivity index (χ2v) is 4.90. The molecule has 0 saturated heterocycles. The summed E-state index contributed by atoms with van der Waals surface area (Å²) in [5, 5.41) is 0.